The van der Waals surface area contributed by atoms with Gasteiger partial charge >= 0.3 is 0 Å². The van der Waals surface area contributed by atoms with Gasteiger partial charge in [-0.1, -0.05) is 33.6 Å². The van der Waals surface area contributed by atoms with Gasteiger partial charge in [-0.25, -0.2) is 8.78 Å². The van der Waals surface area contributed by atoms with E-state index in [1.807, 2.05) is 27.7 Å². The topological polar surface area (TPSA) is 26.0 Å². The normalized spacial score (nSPS) is 10.1. The van der Waals surface area contributed by atoms with Crippen LogP contribution >= 0.6 is 0 Å². The predicted octanol–water partition coefficient (Wildman–Crippen LogP) is 4.83. The molecule has 0 atom stereocenters. The highest BCUT2D eigenvalue weighted by Crippen LogP contribution is 2.33. The summed E-state index contributed by atoms with van der Waals surface area (Å²) < 4.78 is 27.5. The van der Waals surface area contributed by atoms with Crippen molar-refractivity contribution in [3.63, 3.8) is 0 Å². The predicted molar refractivity (Wildman–Crippen MR) is 81.6 cm³/mol. The summed E-state index contributed by atoms with van der Waals surface area (Å²) in [4.78, 5) is 0. The Labute approximate surface area is 118 Å². The van der Waals surface area contributed by atoms with E-state index in [2.05, 4.69) is 5.92 Å². The zero-order chi connectivity index (χ0) is 15.4. The van der Waals surface area contributed by atoms with Gasteiger partial charge in [0.15, 0.2) is 0 Å². The molecule has 0 aliphatic rings. The molecule has 0 radical (unpaired) electrons. The Morgan fingerprint density at radius 3 is 2.20 bits per heavy atom. The minimum atomic E-state index is -0.714. The number of fused-ring (bicyclic) bond motifs is 1. The van der Waals surface area contributed by atoms with E-state index in [4.69, 9.17) is 12.2 Å². The van der Waals surface area contributed by atoms with Gasteiger partial charge in [0.1, 0.15) is 11.6 Å². The highest BCUT2D eigenvalue weighted by Gasteiger charge is 2.16. The number of hydrogen-bond acceptors (Lipinski definition) is 1. The molecule has 106 valence electrons. The maximum absolute atomic E-state index is 13.8. The molecule has 2 rings (SSSR count). The van der Waals surface area contributed by atoms with E-state index in [-0.39, 0.29) is 16.9 Å². The summed E-state index contributed by atoms with van der Waals surface area (Å²) in [7, 11) is 0. The molecular formula is C17H19F2N. The molecule has 2 N–H and O–H groups in total. The molecule has 0 heterocycles. The molecule has 0 aromatic heterocycles. The average Bonchev–Trinajstić information content (AvgIpc) is 2.41. The summed E-state index contributed by atoms with van der Waals surface area (Å²) in [5, 5.41) is 0.715. The number of halogens is 2. The quantitative estimate of drug-likeness (QED) is 0.585. The van der Waals surface area contributed by atoms with Gasteiger partial charge in [-0.2, -0.15) is 0 Å². The Balaban J connectivity index is 0.000000956. The van der Waals surface area contributed by atoms with Crippen molar-refractivity contribution in [2.45, 2.75) is 33.6 Å². The maximum atomic E-state index is 13.8. The van der Waals surface area contributed by atoms with Gasteiger partial charge in [-0.05, 0) is 23.6 Å². The number of terminal acetylenes is 1. The van der Waals surface area contributed by atoms with E-state index in [0.29, 0.717) is 11.1 Å². The number of hydrogen-bond donors (Lipinski definition) is 1. The lowest BCUT2D eigenvalue weighted by molar-refractivity contribution is 0.589. The first-order valence-corrected chi connectivity index (χ1v) is 6.63. The molecule has 0 unspecified atom stereocenters. The van der Waals surface area contributed by atoms with Gasteiger partial charge in [0, 0.05) is 22.5 Å². The monoisotopic (exact) mass is 275 g/mol. The SMILES string of the molecule is C#Cc1c(F)cc(F)c2cc(N)cc(C(C)C)c12.CC. The zero-order valence-electron chi connectivity index (χ0n) is 12.2. The fraction of sp³-hybridized carbons (Fsp3) is 0.294. The van der Waals surface area contributed by atoms with Gasteiger partial charge in [0.05, 0.1) is 5.56 Å². The number of benzene rings is 2. The summed E-state index contributed by atoms with van der Waals surface area (Å²) >= 11 is 0. The van der Waals surface area contributed by atoms with Gasteiger partial charge in [0.2, 0.25) is 0 Å². The summed E-state index contributed by atoms with van der Waals surface area (Å²) in [5.41, 5.74) is 7.05. The molecule has 0 aliphatic carbocycles. The molecule has 0 amide bonds. The minimum absolute atomic E-state index is 0.0734. The minimum Gasteiger partial charge on any atom is -0.399 e. The first-order valence-electron chi connectivity index (χ1n) is 6.63. The highest BCUT2D eigenvalue weighted by atomic mass is 19.1. The van der Waals surface area contributed by atoms with Crippen LogP contribution in [0, 0.1) is 24.0 Å². The second-order valence-electron chi connectivity index (χ2n) is 4.55. The lowest BCUT2D eigenvalue weighted by Gasteiger charge is -2.14. The molecule has 20 heavy (non-hydrogen) atoms. The van der Waals surface area contributed by atoms with Gasteiger partial charge < -0.3 is 5.73 Å². The number of nitrogen functional groups attached to an aromatic ring is 1. The van der Waals surface area contributed by atoms with Crippen LogP contribution in [-0.2, 0) is 0 Å². The molecule has 0 fully saturated rings. The van der Waals surface area contributed by atoms with Crippen LogP contribution < -0.4 is 5.73 Å². The molecule has 2 aromatic rings. The Kier molecular flexibility index (Phi) is 5.10. The Bertz CT molecular complexity index is 667. The first-order chi connectivity index (χ1) is 9.45. The average molecular weight is 275 g/mol. The van der Waals surface area contributed by atoms with Crippen molar-refractivity contribution in [3.8, 4) is 12.3 Å². The largest absolute Gasteiger partial charge is 0.399 e. The van der Waals surface area contributed by atoms with Crippen LogP contribution in [0.4, 0.5) is 14.5 Å². The van der Waals surface area contributed by atoms with Crippen LogP contribution in [0.2, 0.25) is 0 Å². The molecule has 0 saturated heterocycles. The van der Waals surface area contributed by atoms with E-state index in [0.717, 1.165) is 11.6 Å². The van der Waals surface area contributed by atoms with Crippen LogP contribution in [0.25, 0.3) is 10.8 Å². The van der Waals surface area contributed by atoms with Crippen LogP contribution in [0.3, 0.4) is 0 Å². The van der Waals surface area contributed by atoms with E-state index < -0.39 is 11.6 Å². The van der Waals surface area contributed by atoms with E-state index in [1.54, 1.807) is 6.07 Å². The standard InChI is InChI=1S/C15H13F2N.C2H6/c1-4-10-13(16)7-14(17)12-6-9(18)5-11(8(2)3)15(10)12;1-2/h1,5-8H,18H2,2-3H3;1-2H3. The van der Waals surface area contributed by atoms with E-state index in [1.165, 1.54) is 6.07 Å². The zero-order valence-corrected chi connectivity index (χ0v) is 12.2. The Hall–Kier alpha value is -2.08. The fourth-order valence-corrected chi connectivity index (χ4v) is 2.13. The van der Waals surface area contributed by atoms with E-state index in [9.17, 15) is 8.78 Å². The molecule has 0 spiro atoms. The van der Waals surface area contributed by atoms with Crippen molar-refractivity contribution in [1.29, 1.82) is 0 Å². The summed E-state index contributed by atoms with van der Waals surface area (Å²) in [6.45, 7) is 7.86. The molecule has 2 aromatic carbocycles. The van der Waals surface area contributed by atoms with Crippen molar-refractivity contribution in [1.82, 2.24) is 0 Å². The van der Waals surface area contributed by atoms with Gasteiger partial charge in [-0.3, -0.25) is 0 Å². The van der Waals surface area contributed by atoms with Crippen molar-refractivity contribution >= 4 is 16.5 Å². The van der Waals surface area contributed by atoms with Gasteiger partial charge in [-0.15, -0.1) is 6.42 Å². The second kappa shape index (κ2) is 6.38. The van der Waals surface area contributed by atoms with Crippen molar-refractivity contribution in [3.05, 3.63) is 41.0 Å². The Morgan fingerprint density at radius 1 is 1.10 bits per heavy atom. The second-order valence-corrected chi connectivity index (χ2v) is 4.55. The van der Waals surface area contributed by atoms with Crippen molar-refractivity contribution in [2.75, 3.05) is 5.73 Å². The molecule has 0 bridgehead atoms. The van der Waals surface area contributed by atoms with Crippen LogP contribution in [0.15, 0.2) is 18.2 Å². The molecule has 3 heteroatoms. The van der Waals surface area contributed by atoms with Crippen LogP contribution in [0.1, 0.15) is 44.7 Å². The third kappa shape index (κ3) is 2.75. The molecule has 0 aliphatic heterocycles. The maximum Gasteiger partial charge on any atom is 0.142 e. The third-order valence-electron chi connectivity index (χ3n) is 2.96. The van der Waals surface area contributed by atoms with E-state index >= 15 is 0 Å². The number of rotatable bonds is 1. The Morgan fingerprint density at radius 2 is 1.70 bits per heavy atom. The summed E-state index contributed by atoms with van der Waals surface area (Å²) in [5.74, 6) is 1.01. The van der Waals surface area contributed by atoms with Crippen LogP contribution in [-0.4, -0.2) is 0 Å². The lowest BCUT2D eigenvalue weighted by atomic mass is 9.91. The lowest BCUT2D eigenvalue weighted by Crippen LogP contribution is -1.99. The van der Waals surface area contributed by atoms with Gasteiger partial charge in [0.25, 0.3) is 0 Å². The molecule has 1 nitrogen and oxygen atoms in total. The fourth-order valence-electron chi connectivity index (χ4n) is 2.13. The van der Waals surface area contributed by atoms with Crippen molar-refractivity contribution < 1.29 is 8.78 Å². The van der Waals surface area contributed by atoms with Crippen LogP contribution in [0.5, 0.6) is 0 Å². The highest BCUT2D eigenvalue weighted by molar-refractivity contribution is 5.94. The molecular weight excluding hydrogens is 256 g/mol. The summed E-state index contributed by atoms with van der Waals surface area (Å²) in [6.07, 6.45) is 5.33. The number of anilines is 1. The number of nitrogens with two attached hydrogens (primary N) is 1. The summed E-state index contributed by atoms with van der Waals surface area (Å²) in [6, 6.07) is 4.00. The molecule has 0 saturated carbocycles. The van der Waals surface area contributed by atoms with Crippen molar-refractivity contribution in [2.24, 2.45) is 0 Å². The first kappa shape index (κ1) is 16.0. The smallest absolute Gasteiger partial charge is 0.142 e. The third-order valence-corrected chi connectivity index (χ3v) is 2.96.